The van der Waals surface area contributed by atoms with E-state index in [1.54, 1.807) is 35.8 Å². The van der Waals surface area contributed by atoms with Gasteiger partial charge < -0.3 is 20.2 Å². The molecule has 2 fully saturated rings. The highest BCUT2D eigenvalue weighted by atomic mass is 32.2. The molecule has 0 spiro atoms. The Balaban J connectivity index is 1.52. The Hall–Kier alpha value is -3.26. The fraction of sp³-hybridized carbons (Fsp3) is 0.552. The molecule has 43 heavy (non-hydrogen) atoms. The molecule has 2 aliphatic heterocycles. The van der Waals surface area contributed by atoms with Crippen molar-refractivity contribution in [3.63, 3.8) is 0 Å². The van der Waals surface area contributed by atoms with E-state index in [9.17, 15) is 31.1 Å². The van der Waals surface area contributed by atoms with E-state index < -0.39 is 39.3 Å². The highest BCUT2D eigenvalue weighted by molar-refractivity contribution is 7.90. The van der Waals surface area contributed by atoms with Gasteiger partial charge in [0.05, 0.1) is 24.0 Å². The van der Waals surface area contributed by atoms with Crippen molar-refractivity contribution < 1.29 is 31.1 Å². The first kappa shape index (κ1) is 31.2. The Kier molecular flexibility index (Phi) is 7.99. The Morgan fingerprint density at radius 1 is 1.19 bits per heavy atom. The Bertz CT molecular complexity index is 1630. The summed E-state index contributed by atoms with van der Waals surface area (Å²) in [6, 6.07) is 4.03. The maximum atomic E-state index is 14.8. The molecule has 0 bridgehead atoms. The number of fused-ring (bicyclic) bond motifs is 1. The SMILES string of the molecule is CC(C)c1c(C(F)(F)F)cc(N2C[C@H](CS(C)(=O)=O)[C@H]2C)c2cnc(Nc3ccnc(N4CC[C@@H](O)[C@@](C)(F)C4)n3)cc12. The van der Waals surface area contributed by atoms with Crippen LogP contribution in [0, 0.1) is 5.92 Å². The maximum Gasteiger partial charge on any atom is 0.416 e. The lowest BCUT2D eigenvalue weighted by molar-refractivity contribution is -0.138. The lowest BCUT2D eigenvalue weighted by atomic mass is 9.86. The summed E-state index contributed by atoms with van der Waals surface area (Å²) in [4.78, 5) is 16.6. The molecular formula is C29H36F4N6O3S. The van der Waals surface area contributed by atoms with Gasteiger partial charge in [0.2, 0.25) is 5.95 Å². The molecule has 9 nitrogen and oxygen atoms in total. The van der Waals surface area contributed by atoms with Crippen molar-refractivity contribution in [2.45, 2.75) is 64.0 Å². The van der Waals surface area contributed by atoms with E-state index in [0.29, 0.717) is 35.4 Å². The minimum atomic E-state index is -4.62. The maximum absolute atomic E-state index is 14.8. The van der Waals surface area contributed by atoms with Crippen LogP contribution in [0.4, 0.5) is 40.8 Å². The van der Waals surface area contributed by atoms with E-state index in [0.717, 1.165) is 12.3 Å². The quantitative estimate of drug-likeness (QED) is 0.348. The molecule has 0 saturated carbocycles. The predicted octanol–water partition coefficient (Wildman–Crippen LogP) is 5.08. The van der Waals surface area contributed by atoms with Gasteiger partial charge in [-0.25, -0.2) is 22.8 Å². The molecule has 2 N–H and O–H groups in total. The molecule has 0 aliphatic carbocycles. The minimum absolute atomic E-state index is 0.0331. The van der Waals surface area contributed by atoms with Gasteiger partial charge in [-0.05, 0) is 55.3 Å². The van der Waals surface area contributed by atoms with Crippen LogP contribution in [-0.4, -0.2) is 77.9 Å². The number of aliphatic hydroxyl groups excluding tert-OH is 1. The number of nitrogens with one attached hydrogen (secondary N) is 1. The summed E-state index contributed by atoms with van der Waals surface area (Å²) in [6.07, 6.45) is -1.31. The van der Waals surface area contributed by atoms with Crippen molar-refractivity contribution in [3.05, 3.63) is 41.7 Å². The minimum Gasteiger partial charge on any atom is -0.390 e. The van der Waals surface area contributed by atoms with Gasteiger partial charge in [-0.3, -0.25) is 0 Å². The number of nitrogens with zero attached hydrogens (tertiary/aromatic N) is 5. The molecule has 0 radical (unpaired) electrons. The number of aromatic nitrogens is 3. The van der Waals surface area contributed by atoms with Gasteiger partial charge in [0.25, 0.3) is 0 Å². The van der Waals surface area contributed by atoms with E-state index in [2.05, 4.69) is 20.3 Å². The molecule has 0 unspecified atom stereocenters. The van der Waals surface area contributed by atoms with Gasteiger partial charge in [-0.15, -0.1) is 0 Å². The number of hydrogen-bond donors (Lipinski definition) is 2. The molecule has 3 aromatic rings. The second-order valence-corrected chi connectivity index (χ2v) is 14.4. The number of sulfone groups is 1. The topological polar surface area (TPSA) is 112 Å². The monoisotopic (exact) mass is 624 g/mol. The lowest BCUT2D eigenvalue weighted by Crippen LogP contribution is -2.57. The van der Waals surface area contributed by atoms with Crippen molar-refractivity contribution >= 4 is 43.9 Å². The molecule has 2 aliphatic rings. The van der Waals surface area contributed by atoms with Crippen LogP contribution in [0.5, 0.6) is 0 Å². The van der Waals surface area contributed by atoms with Crippen LogP contribution < -0.4 is 15.1 Å². The normalized spacial score (nSPS) is 24.9. The first-order chi connectivity index (χ1) is 19.9. The third kappa shape index (κ3) is 6.35. The highest BCUT2D eigenvalue weighted by Crippen LogP contribution is 2.46. The number of alkyl halides is 4. The summed E-state index contributed by atoms with van der Waals surface area (Å²) < 4.78 is 81.8. The molecular weight excluding hydrogens is 588 g/mol. The average molecular weight is 625 g/mol. The number of pyridine rings is 1. The zero-order chi connectivity index (χ0) is 31.5. The van der Waals surface area contributed by atoms with Gasteiger partial charge in [0.1, 0.15) is 21.5 Å². The van der Waals surface area contributed by atoms with E-state index >= 15 is 0 Å². The first-order valence-corrected chi connectivity index (χ1v) is 16.2. The summed E-state index contributed by atoms with van der Waals surface area (Å²) in [5.41, 5.74) is -2.08. The molecule has 2 aromatic heterocycles. The van der Waals surface area contributed by atoms with Crippen LogP contribution in [0.2, 0.25) is 0 Å². The number of halogens is 4. The molecule has 0 amide bonds. The Morgan fingerprint density at radius 3 is 2.51 bits per heavy atom. The summed E-state index contributed by atoms with van der Waals surface area (Å²) in [7, 11) is -3.24. The Morgan fingerprint density at radius 2 is 1.91 bits per heavy atom. The van der Waals surface area contributed by atoms with Crippen LogP contribution in [0.1, 0.15) is 51.2 Å². The van der Waals surface area contributed by atoms with E-state index in [1.807, 2.05) is 6.92 Å². The number of benzene rings is 1. The number of anilines is 4. The van der Waals surface area contributed by atoms with E-state index in [1.165, 1.54) is 19.3 Å². The zero-order valence-corrected chi connectivity index (χ0v) is 25.5. The van der Waals surface area contributed by atoms with Crippen LogP contribution in [0.3, 0.4) is 0 Å². The van der Waals surface area contributed by atoms with Crippen LogP contribution in [0.25, 0.3) is 10.8 Å². The van der Waals surface area contributed by atoms with Gasteiger partial charge in [0, 0.05) is 54.8 Å². The predicted molar refractivity (Wildman–Crippen MR) is 159 cm³/mol. The second kappa shape index (κ2) is 11.0. The van der Waals surface area contributed by atoms with Crippen LogP contribution in [0.15, 0.2) is 30.6 Å². The summed E-state index contributed by atoms with van der Waals surface area (Å²) >= 11 is 0. The number of rotatable bonds is 7. The van der Waals surface area contributed by atoms with Gasteiger partial charge >= 0.3 is 6.18 Å². The fourth-order valence-corrected chi connectivity index (χ4v) is 7.24. The summed E-state index contributed by atoms with van der Waals surface area (Å²) in [6.45, 7) is 7.14. The van der Waals surface area contributed by atoms with Crippen molar-refractivity contribution in [3.8, 4) is 0 Å². The molecule has 2 saturated heterocycles. The number of piperidine rings is 1. The molecule has 4 heterocycles. The van der Waals surface area contributed by atoms with E-state index in [4.69, 9.17) is 0 Å². The molecule has 5 rings (SSSR count). The largest absolute Gasteiger partial charge is 0.416 e. The average Bonchev–Trinajstić information content (AvgIpc) is 2.90. The third-order valence-corrected chi connectivity index (χ3v) is 9.44. The molecule has 1 aromatic carbocycles. The third-order valence-electron chi connectivity index (χ3n) is 8.40. The zero-order valence-electron chi connectivity index (χ0n) is 24.7. The lowest BCUT2D eigenvalue weighted by Gasteiger charge is -2.48. The second-order valence-electron chi connectivity index (χ2n) is 12.2. The highest BCUT2D eigenvalue weighted by Gasteiger charge is 2.42. The number of aliphatic hydroxyl groups is 1. The van der Waals surface area contributed by atoms with Crippen molar-refractivity contribution in [1.82, 2.24) is 15.0 Å². The van der Waals surface area contributed by atoms with E-state index in [-0.39, 0.29) is 48.0 Å². The van der Waals surface area contributed by atoms with Crippen molar-refractivity contribution in [2.24, 2.45) is 5.92 Å². The smallest absolute Gasteiger partial charge is 0.390 e. The van der Waals surface area contributed by atoms with Crippen LogP contribution in [-0.2, 0) is 16.0 Å². The fourth-order valence-electron chi connectivity index (χ4n) is 6.08. The van der Waals surface area contributed by atoms with Gasteiger partial charge in [0.15, 0.2) is 5.67 Å². The molecule has 4 atom stereocenters. The van der Waals surface area contributed by atoms with Crippen molar-refractivity contribution in [2.75, 3.05) is 46.8 Å². The van der Waals surface area contributed by atoms with Crippen LogP contribution >= 0.6 is 0 Å². The molecule has 14 heteroatoms. The number of hydrogen-bond acceptors (Lipinski definition) is 9. The first-order valence-electron chi connectivity index (χ1n) is 14.1. The van der Waals surface area contributed by atoms with Gasteiger partial charge in [-0.1, -0.05) is 13.8 Å². The standard InChI is InChI=1S/C29H36F4N6O3S/c1-16(2)26-19-10-25(36-24-6-8-34-27(37-24)38-9-7-23(40)28(4,30)15-38)35-12-20(19)22(11-21(26)29(31,32)33)39-13-18(17(39)3)14-43(5,41)42/h6,8,10-12,16-18,23,40H,7,9,13-15H2,1-5H3,(H,34,35,36,37)/t17-,18-,23-,28+/m1/s1. The van der Waals surface area contributed by atoms with Gasteiger partial charge in [-0.2, -0.15) is 18.2 Å². The molecule has 234 valence electrons. The Labute approximate surface area is 248 Å². The summed E-state index contributed by atoms with van der Waals surface area (Å²) in [5.74, 6) is 0.145. The van der Waals surface area contributed by atoms with Crippen molar-refractivity contribution in [1.29, 1.82) is 0 Å². The summed E-state index contributed by atoms with van der Waals surface area (Å²) in [5, 5.41) is 13.9.